The standard InChI is InChI=1S/C12H15FN4OS/c1-2-17-11(18)15-16-12(17)19-10-4-3-9(13)7-8(10)5-6-14/h3-4,7H,2,5-6,14H2,1H3,(H,15,18). The van der Waals surface area contributed by atoms with Crippen LogP contribution in [0.2, 0.25) is 0 Å². The van der Waals surface area contributed by atoms with Crippen LogP contribution in [-0.2, 0) is 13.0 Å². The molecule has 5 nitrogen and oxygen atoms in total. The van der Waals surface area contributed by atoms with Gasteiger partial charge in [-0.15, -0.1) is 5.10 Å². The second kappa shape index (κ2) is 6.03. The van der Waals surface area contributed by atoms with Gasteiger partial charge in [0, 0.05) is 11.4 Å². The van der Waals surface area contributed by atoms with Crippen LogP contribution in [0.4, 0.5) is 4.39 Å². The highest BCUT2D eigenvalue weighted by molar-refractivity contribution is 7.99. The highest BCUT2D eigenvalue weighted by Gasteiger charge is 2.11. The second-order valence-electron chi connectivity index (χ2n) is 3.95. The van der Waals surface area contributed by atoms with Gasteiger partial charge in [0.1, 0.15) is 5.82 Å². The zero-order chi connectivity index (χ0) is 13.8. The van der Waals surface area contributed by atoms with Crippen LogP contribution < -0.4 is 11.4 Å². The highest BCUT2D eigenvalue weighted by atomic mass is 32.2. The van der Waals surface area contributed by atoms with Gasteiger partial charge in [0.2, 0.25) is 0 Å². The summed E-state index contributed by atoms with van der Waals surface area (Å²) in [4.78, 5) is 12.3. The Kier molecular flexibility index (Phi) is 4.39. The molecule has 0 saturated carbocycles. The summed E-state index contributed by atoms with van der Waals surface area (Å²) in [5.41, 5.74) is 6.11. The molecule has 0 aliphatic carbocycles. The number of aromatic amines is 1. The molecule has 0 aliphatic rings. The molecular formula is C12H15FN4OS. The van der Waals surface area contributed by atoms with Gasteiger partial charge in [-0.25, -0.2) is 14.3 Å². The third-order valence-electron chi connectivity index (χ3n) is 2.68. The third kappa shape index (κ3) is 3.05. The highest BCUT2D eigenvalue weighted by Crippen LogP contribution is 2.29. The average molecular weight is 282 g/mol. The van der Waals surface area contributed by atoms with Gasteiger partial charge in [-0.05, 0) is 55.4 Å². The van der Waals surface area contributed by atoms with Gasteiger partial charge in [-0.2, -0.15) is 0 Å². The first kappa shape index (κ1) is 13.8. The summed E-state index contributed by atoms with van der Waals surface area (Å²) in [5, 5.41) is 6.95. The first-order chi connectivity index (χ1) is 9.15. The molecule has 0 saturated heterocycles. The predicted molar refractivity (Wildman–Crippen MR) is 71.8 cm³/mol. The summed E-state index contributed by atoms with van der Waals surface area (Å²) < 4.78 is 14.8. The van der Waals surface area contributed by atoms with E-state index in [0.29, 0.717) is 24.7 Å². The van der Waals surface area contributed by atoms with E-state index in [1.165, 1.54) is 28.5 Å². The largest absolute Gasteiger partial charge is 0.343 e. The number of nitrogens with one attached hydrogen (secondary N) is 1. The first-order valence-electron chi connectivity index (χ1n) is 5.97. The number of hydrogen-bond donors (Lipinski definition) is 2. The van der Waals surface area contributed by atoms with E-state index in [0.717, 1.165) is 10.5 Å². The molecule has 1 heterocycles. The Morgan fingerprint density at radius 3 is 3.00 bits per heavy atom. The van der Waals surface area contributed by atoms with E-state index >= 15 is 0 Å². The van der Waals surface area contributed by atoms with Crippen LogP contribution in [0.25, 0.3) is 0 Å². The Bertz CT molecular complexity index is 622. The van der Waals surface area contributed by atoms with Crippen LogP contribution in [0.3, 0.4) is 0 Å². The van der Waals surface area contributed by atoms with Crippen molar-refractivity contribution in [1.82, 2.24) is 14.8 Å². The molecule has 0 fully saturated rings. The van der Waals surface area contributed by atoms with E-state index in [1.807, 2.05) is 6.92 Å². The smallest absolute Gasteiger partial charge is 0.330 e. The summed E-state index contributed by atoms with van der Waals surface area (Å²) in [7, 11) is 0. The maximum atomic E-state index is 13.2. The molecule has 3 N–H and O–H groups in total. The lowest BCUT2D eigenvalue weighted by molar-refractivity contribution is 0.623. The van der Waals surface area contributed by atoms with Crippen molar-refractivity contribution in [3.63, 3.8) is 0 Å². The van der Waals surface area contributed by atoms with Gasteiger partial charge < -0.3 is 5.73 Å². The molecule has 0 atom stereocenters. The number of aromatic nitrogens is 3. The van der Waals surface area contributed by atoms with E-state index < -0.39 is 0 Å². The molecule has 0 amide bonds. The maximum absolute atomic E-state index is 13.2. The van der Waals surface area contributed by atoms with Gasteiger partial charge in [-0.3, -0.25) is 4.57 Å². The molecule has 0 aliphatic heterocycles. The SMILES string of the molecule is CCn1c(Sc2ccc(F)cc2CCN)n[nH]c1=O. The Morgan fingerprint density at radius 1 is 1.53 bits per heavy atom. The van der Waals surface area contributed by atoms with Crippen molar-refractivity contribution in [3.8, 4) is 0 Å². The fourth-order valence-corrected chi connectivity index (χ4v) is 2.80. The van der Waals surface area contributed by atoms with Crippen molar-refractivity contribution in [2.75, 3.05) is 6.54 Å². The van der Waals surface area contributed by atoms with E-state index in [-0.39, 0.29) is 11.5 Å². The first-order valence-corrected chi connectivity index (χ1v) is 6.79. The van der Waals surface area contributed by atoms with Crippen molar-refractivity contribution < 1.29 is 4.39 Å². The number of H-pyrrole nitrogens is 1. The summed E-state index contributed by atoms with van der Waals surface area (Å²) >= 11 is 1.33. The van der Waals surface area contributed by atoms with Crippen LogP contribution in [0.5, 0.6) is 0 Å². The predicted octanol–water partition coefficient (Wildman–Crippen LogP) is 1.38. The molecule has 2 rings (SSSR count). The molecule has 0 unspecified atom stereocenters. The molecule has 1 aromatic heterocycles. The molecule has 0 radical (unpaired) electrons. The zero-order valence-corrected chi connectivity index (χ0v) is 11.3. The Balaban J connectivity index is 2.34. The molecule has 102 valence electrons. The van der Waals surface area contributed by atoms with Crippen LogP contribution in [0, 0.1) is 5.82 Å². The summed E-state index contributed by atoms with van der Waals surface area (Å²) in [6.45, 7) is 2.84. The molecule has 1 aromatic carbocycles. The Hall–Kier alpha value is -1.60. The number of halogens is 1. The van der Waals surface area contributed by atoms with Crippen LogP contribution in [-0.4, -0.2) is 21.3 Å². The van der Waals surface area contributed by atoms with E-state index in [2.05, 4.69) is 10.2 Å². The number of rotatable bonds is 5. The van der Waals surface area contributed by atoms with Crippen molar-refractivity contribution in [2.24, 2.45) is 5.73 Å². The van der Waals surface area contributed by atoms with Crippen LogP contribution >= 0.6 is 11.8 Å². The lowest BCUT2D eigenvalue weighted by atomic mass is 10.1. The molecule has 0 spiro atoms. The van der Waals surface area contributed by atoms with Gasteiger partial charge >= 0.3 is 5.69 Å². The molecule has 0 bridgehead atoms. The average Bonchev–Trinajstić information content (AvgIpc) is 2.73. The number of hydrogen-bond acceptors (Lipinski definition) is 4. The number of nitrogens with zero attached hydrogens (tertiary/aromatic N) is 2. The number of benzene rings is 1. The van der Waals surface area contributed by atoms with E-state index in [1.54, 1.807) is 6.07 Å². The number of nitrogens with two attached hydrogens (primary N) is 1. The Morgan fingerprint density at radius 2 is 2.32 bits per heavy atom. The molecule has 2 aromatic rings. The molecular weight excluding hydrogens is 267 g/mol. The van der Waals surface area contributed by atoms with Crippen LogP contribution in [0.1, 0.15) is 12.5 Å². The summed E-state index contributed by atoms with van der Waals surface area (Å²) in [6, 6.07) is 4.55. The van der Waals surface area contributed by atoms with Gasteiger partial charge in [-0.1, -0.05) is 0 Å². The fraction of sp³-hybridized carbons (Fsp3) is 0.333. The summed E-state index contributed by atoms with van der Waals surface area (Å²) in [6.07, 6.45) is 0.584. The lowest BCUT2D eigenvalue weighted by Crippen LogP contribution is -2.16. The zero-order valence-electron chi connectivity index (χ0n) is 10.5. The monoisotopic (exact) mass is 282 g/mol. The van der Waals surface area contributed by atoms with E-state index in [9.17, 15) is 9.18 Å². The maximum Gasteiger partial charge on any atom is 0.343 e. The van der Waals surface area contributed by atoms with Crippen molar-refractivity contribution in [3.05, 3.63) is 40.1 Å². The second-order valence-corrected chi connectivity index (χ2v) is 4.96. The normalized spacial score (nSPS) is 10.9. The minimum absolute atomic E-state index is 0.243. The summed E-state index contributed by atoms with van der Waals surface area (Å²) in [5.74, 6) is -0.289. The fourth-order valence-electron chi connectivity index (χ4n) is 1.76. The Labute approximate surface area is 114 Å². The van der Waals surface area contributed by atoms with Crippen molar-refractivity contribution in [1.29, 1.82) is 0 Å². The van der Waals surface area contributed by atoms with Gasteiger partial charge in [0.05, 0.1) is 0 Å². The topological polar surface area (TPSA) is 76.7 Å². The van der Waals surface area contributed by atoms with Crippen molar-refractivity contribution >= 4 is 11.8 Å². The van der Waals surface area contributed by atoms with Crippen molar-refractivity contribution in [2.45, 2.75) is 29.9 Å². The van der Waals surface area contributed by atoms with Crippen LogP contribution in [0.15, 0.2) is 33.0 Å². The third-order valence-corrected chi connectivity index (χ3v) is 3.79. The van der Waals surface area contributed by atoms with Gasteiger partial charge in [0.15, 0.2) is 5.16 Å². The lowest BCUT2D eigenvalue weighted by Gasteiger charge is -2.08. The molecule has 7 heteroatoms. The van der Waals surface area contributed by atoms with E-state index in [4.69, 9.17) is 5.73 Å². The molecule has 19 heavy (non-hydrogen) atoms. The minimum atomic E-state index is -0.289. The minimum Gasteiger partial charge on any atom is -0.330 e. The quantitative estimate of drug-likeness (QED) is 0.868. The van der Waals surface area contributed by atoms with Gasteiger partial charge in [0.25, 0.3) is 0 Å².